The molecule has 0 aliphatic carbocycles. The normalized spacial score (nSPS) is 23.0. The fourth-order valence-electron chi connectivity index (χ4n) is 2.63. The van der Waals surface area contributed by atoms with Gasteiger partial charge in [0.15, 0.2) is 11.5 Å². The van der Waals surface area contributed by atoms with Crippen LogP contribution in [0.4, 0.5) is 0 Å². The van der Waals surface area contributed by atoms with Crippen LogP contribution in [-0.2, 0) is 11.2 Å². The molecule has 1 aliphatic heterocycles. The third-order valence-electron chi connectivity index (χ3n) is 3.61. The second-order valence-corrected chi connectivity index (χ2v) is 5.85. The van der Waals surface area contributed by atoms with E-state index >= 15 is 0 Å². The van der Waals surface area contributed by atoms with Gasteiger partial charge in [-0.2, -0.15) is 0 Å². The second kappa shape index (κ2) is 7.66. The number of hydrogen-bond donors (Lipinski definition) is 1. The summed E-state index contributed by atoms with van der Waals surface area (Å²) >= 11 is 0. The van der Waals surface area contributed by atoms with Gasteiger partial charge >= 0.3 is 0 Å². The van der Waals surface area contributed by atoms with Gasteiger partial charge in [-0.15, -0.1) is 0 Å². The van der Waals surface area contributed by atoms with Crippen LogP contribution in [0.5, 0.6) is 11.5 Å². The van der Waals surface area contributed by atoms with Gasteiger partial charge in [0.05, 0.1) is 18.8 Å². The lowest BCUT2D eigenvalue weighted by molar-refractivity contribution is 0.0258. The van der Waals surface area contributed by atoms with E-state index in [1.54, 1.807) is 0 Å². The molecule has 0 amide bonds. The quantitative estimate of drug-likeness (QED) is 0.840. The summed E-state index contributed by atoms with van der Waals surface area (Å²) in [5.41, 5.74) is 7.03. The van der Waals surface area contributed by atoms with Crippen molar-refractivity contribution >= 4 is 0 Å². The lowest BCUT2D eigenvalue weighted by Gasteiger charge is -2.16. The first-order valence-corrected chi connectivity index (χ1v) is 7.88. The van der Waals surface area contributed by atoms with Crippen LogP contribution in [0.3, 0.4) is 0 Å². The molecule has 1 saturated heterocycles. The van der Waals surface area contributed by atoms with E-state index in [1.807, 2.05) is 26.0 Å². The van der Waals surface area contributed by atoms with Crippen molar-refractivity contribution in [2.75, 3.05) is 13.2 Å². The van der Waals surface area contributed by atoms with Crippen LogP contribution in [0.2, 0.25) is 0 Å². The molecule has 4 nitrogen and oxygen atoms in total. The van der Waals surface area contributed by atoms with Gasteiger partial charge in [0, 0.05) is 6.04 Å². The molecule has 1 aromatic carbocycles. The van der Waals surface area contributed by atoms with Crippen molar-refractivity contribution in [3.8, 4) is 11.5 Å². The van der Waals surface area contributed by atoms with Gasteiger partial charge in [0.1, 0.15) is 6.61 Å². The van der Waals surface area contributed by atoms with Crippen LogP contribution in [0.15, 0.2) is 18.2 Å². The summed E-state index contributed by atoms with van der Waals surface area (Å²) in [7, 11) is 0. The van der Waals surface area contributed by atoms with E-state index in [2.05, 4.69) is 13.0 Å². The first-order chi connectivity index (χ1) is 10.1. The number of benzene rings is 1. The van der Waals surface area contributed by atoms with E-state index in [1.165, 1.54) is 5.56 Å². The zero-order valence-electron chi connectivity index (χ0n) is 13.3. The topological polar surface area (TPSA) is 53.7 Å². The Balaban J connectivity index is 2.00. The van der Waals surface area contributed by atoms with Gasteiger partial charge in [0.2, 0.25) is 0 Å². The highest BCUT2D eigenvalue weighted by Crippen LogP contribution is 2.30. The van der Waals surface area contributed by atoms with Crippen LogP contribution in [0, 0.1) is 0 Å². The van der Waals surface area contributed by atoms with Crippen molar-refractivity contribution in [1.82, 2.24) is 0 Å². The standard InChI is InChI=1S/C17H27NO3/c1-4-19-17-10-14(9-12(2)18)6-8-16(17)20-11-15-7-5-13(3)21-15/h6,8,10,12-13,15H,4-5,7,9,11,18H2,1-3H3. The molecule has 1 aliphatic rings. The molecule has 1 fully saturated rings. The smallest absolute Gasteiger partial charge is 0.161 e. The third-order valence-corrected chi connectivity index (χ3v) is 3.61. The predicted molar refractivity (Wildman–Crippen MR) is 84.0 cm³/mol. The fraction of sp³-hybridized carbons (Fsp3) is 0.647. The summed E-state index contributed by atoms with van der Waals surface area (Å²) in [4.78, 5) is 0. The third kappa shape index (κ3) is 4.90. The van der Waals surface area contributed by atoms with Crippen LogP contribution >= 0.6 is 0 Å². The van der Waals surface area contributed by atoms with Crippen LogP contribution < -0.4 is 15.2 Å². The van der Waals surface area contributed by atoms with Crippen molar-refractivity contribution in [2.24, 2.45) is 5.73 Å². The highest BCUT2D eigenvalue weighted by Gasteiger charge is 2.22. The second-order valence-electron chi connectivity index (χ2n) is 5.85. The van der Waals surface area contributed by atoms with Gasteiger partial charge in [-0.05, 0) is 57.7 Å². The van der Waals surface area contributed by atoms with E-state index in [-0.39, 0.29) is 12.1 Å². The van der Waals surface area contributed by atoms with Crippen molar-refractivity contribution in [3.05, 3.63) is 23.8 Å². The Morgan fingerprint density at radius 2 is 2.10 bits per heavy atom. The zero-order chi connectivity index (χ0) is 15.2. The Bertz CT molecular complexity index is 448. The van der Waals surface area contributed by atoms with Gasteiger partial charge in [-0.3, -0.25) is 0 Å². The molecule has 0 spiro atoms. The average molecular weight is 293 g/mol. The van der Waals surface area contributed by atoms with E-state index in [4.69, 9.17) is 19.9 Å². The van der Waals surface area contributed by atoms with Gasteiger partial charge < -0.3 is 19.9 Å². The van der Waals surface area contributed by atoms with E-state index in [0.29, 0.717) is 19.3 Å². The maximum absolute atomic E-state index is 5.90. The first kappa shape index (κ1) is 16.1. The Hall–Kier alpha value is -1.26. The maximum Gasteiger partial charge on any atom is 0.161 e. The molecule has 118 valence electrons. The SMILES string of the molecule is CCOc1cc(CC(C)N)ccc1OCC1CCC(C)O1. The van der Waals surface area contributed by atoms with E-state index in [9.17, 15) is 0 Å². The van der Waals surface area contributed by atoms with Crippen molar-refractivity contribution in [3.63, 3.8) is 0 Å². The van der Waals surface area contributed by atoms with Gasteiger partial charge in [-0.25, -0.2) is 0 Å². The predicted octanol–water partition coefficient (Wildman–Crippen LogP) is 2.92. The minimum Gasteiger partial charge on any atom is -0.490 e. The van der Waals surface area contributed by atoms with Crippen LogP contribution in [0.25, 0.3) is 0 Å². The molecule has 21 heavy (non-hydrogen) atoms. The molecule has 1 heterocycles. The van der Waals surface area contributed by atoms with E-state index < -0.39 is 0 Å². The van der Waals surface area contributed by atoms with Gasteiger partial charge in [-0.1, -0.05) is 6.07 Å². The summed E-state index contributed by atoms with van der Waals surface area (Å²) in [6, 6.07) is 6.19. The molecular weight excluding hydrogens is 266 g/mol. The molecular formula is C17H27NO3. The number of ether oxygens (including phenoxy) is 3. The first-order valence-electron chi connectivity index (χ1n) is 7.88. The highest BCUT2D eigenvalue weighted by atomic mass is 16.6. The largest absolute Gasteiger partial charge is 0.490 e. The Kier molecular flexibility index (Phi) is 5.88. The zero-order valence-corrected chi connectivity index (χ0v) is 13.3. The summed E-state index contributed by atoms with van der Waals surface area (Å²) in [5, 5.41) is 0. The lowest BCUT2D eigenvalue weighted by atomic mass is 10.1. The van der Waals surface area contributed by atoms with Crippen LogP contribution in [-0.4, -0.2) is 31.5 Å². The summed E-state index contributed by atoms with van der Waals surface area (Å²) in [6.07, 6.45) is 3.55. The average Bonchev–Trinajstić information content (AvgIpc) is 2.83. The van der Waals surface area contributed by atoms with Crippen molar-refractivity contribution in [2.45, 2.75) is 58.3 Å². The maximum atomic E-state index is 5.90. The lowest BCUT2D eigenvalue weighted by Crippen LogP contribution is -2.19. The molecule has 0 saturated carbocycles. The molecule has 4 heteroatoms. The molecule has 2 N–H and O–H groups in total. The number of hydrogen-bond acceptors (Lipinski definition) is 4. The minimum atomic E-state index is 0.139. The Morgan fingerprint density at radius 3 is 2.71 bits per heavy atom. The fourth-order valence-corrected chi connectivity index (χ4v) is 2.63. The van der Waals surface area contributed by atoms with Crippen molar-refractivity contribution in [1.29, 1.82) is 0 Å². The Morgan fingerprint density at radius 1 is 1.29 bits per heavy atom. The molecule has 0 bridgehead atoms. The molecule has 0 aromatic heterocycles. The number of rotatable bonds is 7. The van der Waals surface area contributed by atoms with Gasteiger partial charge in [0.25, 0.3) is 0 Å². The molecule has 3 unspecified atom stereocenters. The van der Waals surface area contributed by atoms with E-state index in [0.717, 1.165) is 30.8 Å². The molecule has 2 rings (SSSR count). The van der Waals surface area contributed by atoms with Crippen LogP contribution in [0.1, 0.15) is 39.2 Å². The summed E-state index contributed by atoms with van der Waals surface area (Å²) in [6.45, 7) is 7.29. The monoisotopic (exact) mass is 293 g/mol. The Labute approximate surface area is 127 Å². The summed E-state index contributed by atoms with van der Waals surface area (Å²) in [5.74, 6) is 1.58. The molecule has 1 aromatic rings. The number of nitrogens with two attached hydrogens (primary N) is 1. The summed E-state index contributed by atoms with van der Waals surface area (Å²) < 4.78 is 17.4. The molecule has 0 radical (unpaired) electrons. The minimum absolute atomic E-state index is 0.139. The highest BCUT2D eigenvalue weighted by molar-refractivity contribution is 5.43. The molecule has 3 atom stereocenters. The van der Waals surface area contributed by atoms with Crippen molar-refractivity contribution < 1.29 is 14.2 Å².